The predicted molar refractivity (Wildman–Crippen MR) is 108 cm³/mol. The average molecular weight is 415 g/mol. The smallest absolute Gasteiger partial charge is 0.417 e. The molecule has 2 heterocycles. The van der Waals surface area contributed by atoms with Crippen molar-refractivity contribution in [2.24, 2.45) is 0 Å². The highest BCUT2D eigenvalue weighted by Gasteiger charge is 2.38. The van der Waals surface area contributed by atoms with Gasteiger partial charge in [0, 0.05) is 54.5 Å². The van der Waals surface area contributed by atoms with Crippen LogP contribution in [-0.4, -0.2) is 46.6 Å². The van der Waals surface area contributed by atoms with Crippen LogP contribution in [0.15, 0.2) is 54.9 Å². The molecule has 1 saturated heterocycles. The second kappa shape index (κ2) is 7.51. The second-order valence-corrected chi connectivity index (χ2v) is 7.40. The van der Waals surface area contributed by atoms with Gasteiger partial charge in [-0.05, 0) is 37.3 Å². The fourth-order valence-electron chi connectivity index (χ4n) is 3.97. The van der Waals surface area contributed by atoms with Crippen molar-refractivity contribution in [1.82, 2.24) is 9.88 Å². The van der Waals surface area contributed by atoms with Crippen LogP contribution < -0.4 is 4.90 Å². The molecule has 8 heteroatoms. The lowest BCUT2D eigenvalue weighted by atomic mass is 10.0. The summed E-state index contributed by atoms with van der Waals surface area (Å²) in [6, 6.07) is 10.1. The topological polar surface area (TPSA) is 56.7 Å². The van der Waals surface area contributed by atoms with E-state index in [1.807, 2.05) is 31.2 Å². The minimum absolute atomic E-state index is 0.272. The zero-order chi connectivity index (χ0) is 21.5. The standard InChI is InChI=1S/C22H20F3N3O2/c1-14-13-27(20-4-2-3-15-12-26-8-7-17(15)20)9-10-28(14)21(30)18-11-16(29)5-6-19(18)22(23,24)25/h2-8,11-12,14,29H,9-10,13H2,1H3. The third-order valence-electron chi connectivity index (χ3n) is 5.43. The molecule has 156 valence electrons. The molecule has 2 aromatic carbocycles. The normalized spacial score (nSPS) is 17.4. The Morgan fingerprint density at radius 1 is 1.17 bits per heavy atom. The number of benzene rings is 2. The maximum atomic E-state index is 13.4. The number of piperazine rings is 1. The molecule has 30 heavy (non-hydrogen) atoms. The zero-order valence-electron chi connectivity index (χ0n) is 16.2. The number of halogens is 3. The van der Waals surface area contributed by atoms with E-state index in [0.717, 1.165) is 34.7 Å². The highest BCUT2D eigenvalue weighted by molar-refractivity contribution is 5.97. The van der Waals surface area contributed by atoms with Crippen LogP contribution in [0.5, 0.6) is 5.75 Å². The molecular formula is C22H20F3N3O2. The van der Waals surface area contributed by atoms with Crippen LogP contribution in [0.2, 0.25) is 0 Å². The molecule has 0 radical (unpaired) electrons. The van der Waals surface area contributed by atoms with Crippen molar-refractivity contribution >= 4 is 22.4 Å². The molecule has 3 aromatic rings. The quantitative estimate of drug-likeness (QED) is 0.678. The number of phenols is 1. The molecule has 1 unspecified atom stereocenters. The van der Waals surface area contributed by atoms with Crippen LogP contribution in [0.4, 0.5) is 18.9 Å². The van der Waals surface area contributed by atoms with Gasteiger partial charge in [-0.25, -0.2) is 0 Å². The largest absolute Gasteiger partial charge is 0.508 e. The summed E-state index contributed by atoms with van der Waals surface area (Å²) in [6.07, 6.45) is -1.18. The third-order valence-corrected chi connectivity index (χ3v) is 5.43. The molecule has 4 rings (SSSR count). The molecule has 1 fully saturated rings. The van der Waals surface area contributed by atoms with E-state index in [-0.39, 0.29) is 18.3 Å². The van der Waals surface area contributed by atoms with E-state index in [1.54, 1.807) is 12.4 Å². The Hall–Kier alpha value is -3.29. The van der Waals surface area contributed by atoms with Crippen LogP contribution in [0.3, 0.4) is 0 Å². The highest BCUT2D eigenvalue weighted by atomic mass is 19.4. The molecule has 1 aliphatic rings. The fourth-order valence-corrected chi connectivity index (χ4v) is 3.97. The summed E-state index contributed by atoms with van der Waals surface area (Å²) >= 11 is 0. The lowest BCUT2D eigenvalue weighted by Gasteiger charge is -2.41. The van der Waals surface area contributed by atoms with Gasteiger partial charge in [0.05, 0.1) is 11.1 Å². The van der Waals surface area contributed by atoms with E-state index in [9.17, 15) is 23.1 Å². The average Bonchev–Trinajstić information content (AvgIpc) is 2.72. The summed E-state index contributed by atoms with van der Waals surface area (Å²) in [5.74, 6) is -1.10. The monoisotopic (exact) mass is 415 g/mol. The van der Waals surface area contributed by atoms with Gasteiger partial charge in [0.1, 0.15) is 5.75 Å². The number of hydrogen-bond acceptors (Lipinski definition) is 4. The zero-order valence-corrected chi connectivity index (χ0v) is 16.2. The first-order chi connectivity index (χ1) is 14.3. The lowest BCUT2D eigenvalue weighted by molar-refractivity contribution is -0.138. The lowest BCUT2D eigenvalue weighted by Crippen LogP contribution is -2.54. The van der Waals surface area contributed by atoms with Gasteiger partial charge in [0.25, 0.3) is 5.91 Å². The fraction of sp³-hybridized carbons (Fsp3) is 0.273. The van der Waals surface area contributed by atoms with Gasteiger partial charge >= 0.3 is 6.18 Å². The summed E-state index contributed by atoms with van der Waals surface area (Å²) in [5.41, 5.74) is -0.567. The maximum Gasteiger partial charge on any atom is 0.417 e. The number of alkyl halides is 3. The number of amides is 1. The van der Waals surface area contributed by atoms with E-state index < -0.39 is 23.2 Å². The first-order valence-electron chi connectivity index (χ1n) is 9.54. The number of phenolic OH excluding ortho intramolecular Hbond substituents is 1. The Labute approximate surface area is 171 Å². The molecule has 1 aromatic heterocycles. The van der Waals surface area contributed by atoms with Gasteiger partial charge in [0.2, 0.25) is 0 Å². The van der Waals surface area contributed by atoms with Crippen LogP contribution in [0, 0.1) is 0 Å². The number of aromatic nitrogens is 1. The van der Waals surface area contributed by atoms with Gasteiger partial charge in [-0.3, -0.25) is 9.78 Å². The van der Waals surface area contributed by atoms with Crippen molar-refractivity contribution in [3.63, 3.8) is 0 Å². The molecule has 5 nitrogen and oxygen atoms in total. The highest BCUT2D eigenvalue weighted by Crippen LogP contribution is 2.35. The Kier molecular flexibility index (Phi) is 5.01. The summed E-state index contributed by atoms with van der Waals surface area (Å²) < 4.78 is 40.1. The molecule has 0 aliphatic carbocycles. The van der Waals surface area contributed by atoms with Crippen molar-refractivity contribution in [3.8, 4) is 5.75 Å². The molecular weight excluding hydrogens is 395 g/mol. The summed E-state index contributed by atoms with van der Waals surface area (Å²) in [7, 11) is 0. The summed E-state index contributed by atoms with van der Waals surface area (Å²) in [6.45, 7) is 3.05. The Balaban J connectivity index is 1.60. The summed E-state index contributed by atoms with van der Waals surface area (Å²) in [5, 5.41) is 11.7. The number of nitrogens with zero attached hydrogens (tertiary/aromatic N) is 3. The van der Waals surface area contributed by atoms with E-state index in [2.05, 4.69) is 9.88 Å². The van der Waals surface area contributed by atoms with Gasteiger partial charge < -0.3 is 14.9 Å². The predicted octanol–water partition coefficient (Wildman–Crippen LogP) is 4.31. The molecule has 1 N–H and O–H groups in total. The van der Waals surface area contributed by atoms with E-state index in [4.69, 9.17) is 0 Å². The van der Waals surface area contributed by atoms with Crippen LogP contribution >= 0.6 is 0 Å². The third kappa shape index (κ3) is 3.65. The van der Waals surface area contributed by atoms with Gasteiger partial charge in [-0.2, -0.15) is 13.2 Å². The number of fused-ring (bicyclic) bond motifs is 1. The molecule has 1 amide bonds. The first kappa shape index (κ1) is 20.0. The number of rotatable bonds is 2. The van der Waals surface area contributed by atoms with E-state index >= 15 is 0 Å². The number of pyridine rings is 1. The molecule has 1 aliphatic heterocycles. The Bertz CT molecular complexity index is 1100. The second-order valence-electron chi connectivity index (χ2n) is 7.40. The number of hydrogen-bond donors (Lipinski definition) is 1. The van der Waals surface area contributed by atoms with E-state index in [0.29, 0.717) is 13.1 Å². The van der Waals surface area contributed by atoms with Gasteiger partial charge in [0.15, 0.2) is 0 Å². The van der Waals surface area contributed by atoms with Crippen molar-refractivity contribution in [2.45, 2.75) is 19.1 Å². The van der Waals surface area contributed by atoms with Crippen molar-refractivity contribution in [1.29, 1.82) is 0 Å². The van der Waals surface area contributed by atoms with Crippen molar-refractivity contribution < 1.29 is 23.1 Å². The number of carbonyl (C=O) groups is 1. The minimum Gasteiger partial charge on any atom is -0.508 e. The van der Waals surface area contributed by atoms with Crippen molar-refractivity contribution in [3.05, 3.63) is 66.0 Å². The van der Waals surface area contributed by atoms with Crippen LogP contribution in [0.25, 0.3) is 10.8 Å². The maximum absolute atomic E-state index is 13.4. The number of carbonyl (C=O) groups excluding carboxylic acids is 1. The molecule has 0 bridgehead atoms. The first-order valence-corrected chi connectivity index (χ1v) is 9.54. The Morgan fingerprint density at radius 2 is 1.97 bits per heavy atom. The molecule has 0 spiro atoms. The summed E-state index contributed by atoms with van der Waals surface area (Å²) in [4.78, 5) is 20.7. The SMILES string of the molecule is CC1CN(c2cccc3cnccc23)CCN1C(=O)c1cc(O)ccc1C(F)(F)F. The van der Waals surface area contributed by atoms with Crippen LogP contribution in [-0.2, 0) is 6.18 Å². The minimum atomic E-state index is -4.68. The molecule has 0 saturated carbocycles. The Morgan fingerprint density at radius 3 is 2.70 bits per heavy atom. The number of aromatic hydroxyl groups is 1. The van der Waals surface area contributed by atoms with E-state index in [1.165, 1.54) is 4.90 Å². The van der Waals surface area contributed by atoms with Crippen LogP contribution in [0.1, 0.15) is 22.8 Å². The molecule has 1 atom stereocenters. The van der Waals surface area contributed by atoms with Gasteiger partial charge in [-0.15, -0.1) is 0 Å². The van der Waals surface area contributed by atoms with Crippen molar-refractivity contribution in [2.75, 3.05) is 24.5 Å². The van der Waals surface area contributed by atoms with Gasteiger partial charge in [-0.1, -0.05) is 12.1 Å². The number of anilines is 1.